The highest BCUT2D eigenvalue weighted by Crippen LogP contribution is 2.40. The van der Waals surface area contributed by atoms with Crippen LogP contribution in [0.1, 0.15) is 30.1 Å². The van der Waals surface area contributed by atoms with Gasteiger partial charge < -0.3 is 9.64 Å². The molecular formula is C19H20N4O2. The Bertz CT molecular complexity index is 800. The lowest BCUT2D eigenvalue weighted by atomic mass is 9.89. The van der Waals surface area contributed by atoms with Crippen molar-refractivity contribution in [2.24, 2.45) is 16.1 Å². The molecule has 1 unspecified atom stereocenters. The first-order valence-corrected chi connectivity index (χ1v) is 8.56. The maximum atomic E-state index is 12.9. The fourth-order valence-electron chi connectivity index (χ4n) is 3.24. The summed E-state index contributed by atoms with van der Waals surface area (Å²) in [5.41, 5.74) is 0.315. The Labute approximate surface area is 146 Å². The lowest BCUT2D eigenvalue weighted by Gasteiger charge is -2.34. The van der Waals surface area contributed by atoms with Crippen molar-refractivity contribution in [2.75, 3.05) is 13.1 Å². The summed E-state index contributed by atoms with van der Waals surface area (Å²) in [6.07, 6.45) is 3.65. The van der Waals surface area contributed by atoms with Gasteiger partial charge in [-0.25, -0.2) is 4.98 Å². The topological polar surface area (TPSA) is 67.2 Å². The number of hydrogen-bond donors (Lipinski definition) is 0. The molecule has 0 spiro atoms. The van der Waals surface area contributed by atoms with Crippen molar-refractivity contribution in [1.82, 2.24) is 9.88 Å². The third-order valence-corrected chi connectivity index (χ3v) is 4.84. The fraction of sp³-hybridized carbons (Fsp3) is 0.368. The minimum Gasteiger partial charge on any atom is -0.439 e. The number of carbonyl (C=O) groups excluding carboxylic acids is 1. The molecule has 6 nitrogen and oxygen atoms in total. The van der Waals surface area contributed by atoms with Crippen LogP contribution < -0.4 is 4.74 Å². The number of nitrogens with zero attached hydrogens (tertiary/aromatic N) is 4. The highest BCUT2D eigenvalue weighted by Gasteiger charge is 2.45. The molecule has 2 aliphatic heterocycles. The van der Waals surface area contributed by atoms with Crippen molar-refractivity contribution in [1.29, 1.82) is 0 Å². The molecule has 3 heterocycles. The first kappa shape index (κ1) is 15.7. The minimum atomic E-state index is -0.279. The van der Waals surface area contributed by atoms with E-state index in [4.69, 9.17) is 4.74 Å². The Balaban J connectivity index is 1.47. The summed E-state index contributed by atoms with van der Waals surface area (Å²) >= 11 is 0. The maximum Gasteiger partial charge on any atom is 0.254 e. The van der Waals surface area contributed by atoms with Crippen LogP contribution in [0.4, 0.5) is 0 Å². The predicted molar refractivity (Wildman–Crippen MR) is 92.6 cm³/mol. The molecule has 4 rings (SSSR count). The van der Waals surface area contributed by atoms with E-state index in [0.29, 0.717) is 29.7 Å². The van der Waals surface area contributed by atoms with E-state index in [1.165, 1.54) is 0 Å². The van der Waals surface area contributed by atoms with Gasteiger partial charge in [0.25, 0.3) is 5.91 Å². The van der Waals surface area contributed by atoms with Gasteiger partial charge in [0.05, 0.1) is 0 Å². The van der Waals surface area contributed by atoms with E-state index in [9.17, 15) is 4.79 Å². The van der Waals surface area contributed by atoms with E-state index < -0.39 is 0 Å². The number of hydrogen-bond acceptors (Lipinski definition) is 5. The standard InChI is InChI=1S/C19H20N4O2/c1-19(21-22-19)15-6-5-11-23(13-15)18(24)14-9-10-20-17(12-14)25-16-7-3-2-4-8-16/h2-4,7-10,12,15H,5-6,11,13H2,1H3. The van der Waals surface area contributed by atoms with Gasteiger partial charge in [0, 0.05) is 36.8 Å². The van der Waals surface area contributed by atoms with E-state index in [1.807, 2.05) is 42.2 Å². The molecule has 1 aromatic heterocycles. The molecule has 0 N–H and O–H groups in total. The normalized spacial score (nSPS) is 21.0. The van der Waals surface area contributed by atoms with Crippen LogP contribution in [0.15, 0.2) is 58.9 Å². The molecule has 1 saturated heterocycles. The van der Waals surface area contributed by atoms with Crippen LogP contribution in [0.5, 0.6) is 11.6 Å². The molecule has 0 bridgehead atoms. The number of piperidine rings is 1. The third kappa shape index (κ3) is 3.38. The number of amides is 1. The van der Waals surface area contributed by atoms with Crippen LogP contribution in [-0.4, -0.2) is 34.5 Å². The van der Waals surface area contributed by atoms with Crippen molar-refractivity contribution < 1.29 is 9.53 Å². The molecule has 1 amide bonds. The van der Waals surface area contributed by atoms with E-state index in [0.717, 1.165) is 19.4 Å². The van der Waals surface area contributed by atoms with Crippen LogP contribution in [0.25, 0.3) is 0 Å². The molecule has 1 fully saturated rings. The van der Waals surface area contributed by atoms with E-state index in [1.54, 1.807) is 18.3 Å². The number of carbonyl (C=O) groups is 1. The smallest absolute Gasteiger partial charge is 0.254 e. The molecule has 0 aliphatic carbocycles. The Hall–Kier alpha value is -2.76. The van der Waals surface area contributed by atoms with E-state index >= 15 is 0 Å². The molecule has 128 valence electrons. The summed E-state index contributed by atoms with van der Waals surface area (Å²) in [4.78, 5) is 19.0. The highest BCUT2D eigenvalue weighted by atomic mass is 16.5. The van der Waals surface area contributed by atoms with Gasteiger partial charge >= 0.3 is 0 Å². The van der Waals surface area contributed by atoms with Gasteiger partial charge in [0.15, 0.2) is 5.66 Å². The Morgan fingerprint density at radius 1 is 1.24 bits per heavy atom. The largest absolute Gasteiger partial charge is 0.439 e. The molecule has 25 heavy (non-hydrogen) atoms. The number of pyridine rings is 1. The Morgan fingerprint density at radius 3 is 2.80 bits per heavy atom. The summed E-state index contributed by atoms with van der Waals surface area (Å²) in [7, 11) is 0. The summed E-state index contributed by atoms with van der Waals surface area (Å²) in [5, 5.41) is 8.28. The summed E-state index contributed by atoms with van der Waals surface area (Å²) in [5.74, 6) is 1.44. The fourth-order valence-corrected chi connectivity index (χ4v) is 3.24. The highest BCUT2D eigenvalue weighted by molar-refractivity contribution is 5.94. The SMILES string of the molecule is CC1(C2CCCN(C(=O)c3ccnc(Oc4ccccc4)c3)C2)N=N1. The van der Waals surface area contributed by atoms with Crippen LogP contribution in [-0.2, 0) is 0 Å². The number of para-hydroxylation sites is 1. The van der Waals surface area contributed by atoms with Gasteiger partial charge in [-0.05, 0) is 38.0 Å². The van der Waals surface area contributed by atoms with Gasteiger partial charge in [-0.2, -0.15) is 10.2 Å². The zero-order valence-electron chi connectivity index (χ0n) is 14.1. The average Bonchev–Trinajstić information content (AvgIpc) is 3.41. The second-order valence-electron chi connectivity index (χ2n) is 6.68. The number of aromatic nitrogens is 1. The van der Waals surface area contributed by atoms with Gasteiger partial charge in [-0.3, -0.25) is 4.79 Å². The number of rotatable bonds is 4. The number of ether oxygens (including phenoxy) is 1. The molecule has 1 atom stereocenters. The van der Waals surface area contributed by atoms with E-state index in [2.05, 4.69) is 15.2 Å². The van der Waals surface area contributed by atoms with Crippen molar-refractivity contribution in [2.45, 2.75) is 25.4 Å². The minimum absolute atomic E-state index is 0.00858. The van der Waals surface area contributed by atoms with Crippen molar-refractivity contribution >= 4 is 5.91 Å². The van der Waals surface area contributed by atoms with Crippen LogP contribution in [0.2, 0.25) is 0 Å². The summed E-state index contributed by atoms with van der Waals surface area (Å²) in [6, 6.07) is 12.9. The van der Waals surface area contributed by atoms with Crippen LogP contribution >= 0.6 is 0 Å². The zero-order chi connectivity index (χ0) is 17.3. The first-order valence-electron chi connectivity index (χ1n) is 8.56. The second kappa shape index (κ2) is 6.27. The Morgan fingerprint density at radius 2 is 2.04 bits per heavy atom. The molecule has 1 aromatic carbocycles. The molecule has 0 saturated carbocycles. The quantitative estimate of drug-likeness (QED) is 0.850. The number of benzene rings is 1. The Kier molecular flexibility index (Phi) is 3.95. The second-order valence-corrected chi connectivity index (χ2v) is 6.68. The third-order valence-electron chi connectivity index (χ3n) is 4.84. The van der Waals surface area contributed by atoms with Gasteiger partial charge in [-0.1, -0.05) is 18.2 Å². The maximum absolute atomic E-state index is 12.9. The summed E-state index contributed by atoms with van der Waals surface area (Å²) in [6.45, 7) is 3.49. The van der Waals surface area contributed by atoms with Crippen LogP contribution in [0, 0.1) is 5.92 Å². The molecule has 6 heteroatoms. The summed E-state index contributed by atoms with van der Waals surface area (Å²) < 4.78 is 5.73. The molecule has 2 aromatic rings. The predicted octanol–water partition coefficient (Wildman–Crippen LogP) is 3.91. The van der Waals surface area contributed by atoms with Gasteiger partial charge in [0.1, 0.15) is 5.75 Å². The first-order chi connectivity index (χ1) is 12.1. The van der Waals surface area contributed by atoms with Crippen molar-refractivity contribution in [3.63, 3.8) is 0 Å². The lowest BCUT2D eigenvalue weighted by molar-refractivity contribution is 0.0647. The van der Waals surface area contributed by atoms with Gasteiger partial charge in [-0.15, -0.1) is 0 Å². The van der Waals surface area contributed by atoms with Crippen molar-refractivity contribution in [3.05, 3.63) is 54.2 Å². The van der Waals surface area contributed by atoms with Gasteiger partial charge in [0.2, 0.25) is 5.88 Å². The van der Waals surface area contributed by atoms with Crippen LogP contribution in [0.3, 0.4) is 0 Å². The monoisotopic (exact) mass is 336 g/mol. The van der Waals surface area contributed by atoms with E-state index in [-0.39, 0.29) is 11.6 Å². The molecule has 2 aliphatic rings. The number of likely N-dealkylation sites (tertiary alicyclic amines) is 1. The molecular weight excluding hydrogens is 316 g/mol. The average molecular weight is 336 g/mol. The zero-order valence-corrected chi connectivity index (χ0v) is 14.1. The van der Waals surface area contributed by atoms with Crippen molar-refractivity contribution in [3.8, 4) is 11.6 Å². The molecule has 0 radical (unpaired) electrons. The lowest BCUT2D eigenvalue weighted by Crippen LogP contribution is -2.44.